The number of aromatic amines is 1. The lowest BCUT2D eigenvalue weighted by molar-refractivity contribution is 0.466. The number of imidazole rings is 1. The van der Waals surface area contributed by atoms with Crippen molar-refractivity contribution in [3.63, 3.8) is 0 Å². The van der Waals surface area contributed by atoms with Gasteiger partial charge < -0.3 is 9.88 Å². The van der Waals surface area contributed by atoms with Crippen LogP contribution in [0.25, 0.3) is 16.7 Å². The molecule has 1 aliphatic heterocycles. The van der Waals surface area contributed by atoms with Crippen LogP contribution in [0.3, 0.4) is 0 Å². The minimum atomic E-state index is -0.276. The second-order valence-electron chi connectivity index (χ2n) is 7.91. The first kappa shape index (κ1) is 18.2. The Morgan fingerprint density at radius 2 is 2.00 bits per heavy atom. The third kappa shape index (κ3) is 2.82. The van der Waals surface area contributed by atoms with Crippen LogP contribution in [0, 0.1) is 19.9 Å². The van der Waals surface area contributed by atoms with Gasteiger partial charge in [0.15, 0.2) is 0 Å². The Hall–Kier alpha value is -2.86. The molecule has 7 heteroatoms. The molecule has 0 bridgehead atoms. The van der Waals surface area contributed by atoms with Crippen LogP contribution in [0.5, 0.6) is 0 Å². The summed E-state index contributed by atoms with van der Waals surface area (Å²) in [5.74, 6) is 0.955. The first-order chi connectivity index (χ1) is 14.0. The van der Waals surface area contributed by atoms with Gasteiger partial charge in [-0.15, -0.1) is 4.80 Å². The molecule has 6 nitrogen and oxygen atoms in total. The van der Waals surface area contributed by atoms with Crippen LogP contribution in [-0.2, 0) is 5.54 Å². The van der Waals surface area contributed by atoms with Crippen molar-refractivity contribution in [2.75, 3.05) is 11.4 Å². The van der Waals surface area contributed by atoms with Gasteiger partial charge in [0.1, 0.15) is 11.5 Å². The number of aromatic nitrogens is 5. The Kier molecular flexibility index (Phi) is 4.13. The van der Waals surface area contributed by atoms with Gasteiger partial charge in [-0.1, -0.05) is 11.6 Å². The molecule has 2 aromatic heterocycles. The van der Waals surface area contributed by atoms with E-state index < -0.39 is 0 Å². The molecule has 0 unspecified atom stereocenters. The lowest BCUT2D eigenvalue weighted by Crippen LogP contribution is -2.40. The Morgan fingerprint density at radius 3 is 2.79 bits per heavy atom. The van der Waals surface area contributed by atoms with Gasteiger partial charge in [0.2, 0.25) is 0 Å². The fourth-order valence-electron chi connectivity index (χ4n) is 4.32. The number of rotatable bonds is 3. The quantitative estimate of drug-likeness (QED) is 0.535. The fraction of sp³-hybridized carbons (Fsp3) is 0.318. The Balaban J connectivity index is 1.66. The molecule has 1 saturated heterocycles. The van der Waals surface area contributed by atoms with Gasteiger partial charge >= 0.3 is 0 Å². The molecular weight excluding hydrogens is 384 g/mol. The zero-order valence-corrected chi connectivity index (χ0v) is 17.5. The van der Waals surface area contributed by atoms with Gasteiger partial charge in [0.25, 0.3) is 0 Å². The van der Waals surface area contributed by atoms with E-state index in [0.29, 0.717) is 0 Å². The number of nitrogens with zero attached hydrogens (tertiary/aromatic N) is 5. The van der Waals surface area contributed by atoms with Gasteiger partial charge in [-0.25, -0.2) is 4.98 Å². The smallest absolute Gasteiger partial charge is 0.132 e. The van der Waals surface area contributed by atoms with E-state index in [4.69, 9.17) is 16.6 Å². The van der Waals surface area contributed by atoms with E-state index in [2.05, 4.69) is 46.1 Å². The average Bonchev–Trinajstić information content (AvgIpc) is 3.44. The van der Waals surface area contributed by atoms with Crippen molar-refractivity contribution in [2.45, 2.75) is 39.2 Å². The van der Waals surface area contributed by atoms with E-state index in [1.807, 2.05) is 25.1 Å². The summed E-state index contributed by atoms with van der Waals surface area (Å²) >= 11 is 6.33. The van der Waals surface area contributed by atoms with E-state index in [0.717, 1.165) is 63.8 Å². The maximum absolute atomic E-state index is 6.33. The van der Waals surface area contributed by atoms with Crippen molar-refractivity contribution in [1.82, 2.24) is 25.0 Å². The molecule has 4 aromatic rings. The van der Waals surface area contributed by atoms with Crippen molar-refractivity contribution < 1.29 is 0 Å². The van der Waals surface area contributed by atoms with Crippen molar-refractivity contribution in [3.8, 4) is 5.69 Å². The summed E-state index contributed by atoms with van der Waals surface area (Å²) in [6.07, 6.45) is 5.45. The number of benzene rings is 2. The topological polar surface area (TPSA) is 62.6 Å². The highest BCUT2D eigenvalue weighted by molar-refractivity contribution is 6.32. The van der Waals surface area contributed by atoms with Gasteiger partial charge in [0.05, 0.1) is 34.7 Å². The third-order valence-electron chi connectivity index (χ3n) is 5.95. The van der Waals surface area contributed by atoms with Crippen molar-refractivity contribution in [2.24, 2.45) is 0 Å². The van der Waals surface area contributed by atoms with Crippen LogP contribution >= 0.6 is 11.6 Å². The minimum absolute atomic E-state index is 0.276. The third-order valence-corrected chi connectivity index (χ3v) is 6.36. The second kappa shape index (κ2) is 6.59. The molecule has 1 radical (unpaired) electrons. The molecule has 1 aliphatic rings. The molecule has 1 fully saturated rings. The fourth-order valence-corrected chi connectivity index (χ4v) is 4.47. The predicted molar refractivity (Wildman–Crippen MR) is 115 cm³/mol. The van der Waals surface area contributed by atoms with Crippen LogP contribution in [0.2, 0.25) is 5.02 Å². The van der Waals surface area contributed by atoms with E-state index in [1.54, 1.807) is 17.2 Å². The Labute approximate surface area is 174 Å². The van der Waals surface area contributed by atoms with E-state index in [-0.39, 0.29) is 5.54 Å². The van der Waals surface area contributed by atoms with Gasteiger partial charge in [0, 0.05) is 17.6 Å². The number of nitrogens with one attached hydrogen (secondary N) is 1. The molecule has 1 atom stereocenters. The van der Waals surface area contributed by atoms with Crippen LogP contribution in [0.1, 0.15) is 36.7 Å². The van der Waals surface area contributed by atoms with Crippen LogP contribution < -0.4 is 4.90 Å². The van der Waals surface area contributed by atoms with Gasteiger partial charge in [-0.2, -0.15) is 10.2 Å². The molecule has 1 N–H and O–H groups in total. The van der Waals surface area contributed by atoms with Crippen molar-refractivity contribution in [3.05, 3.63) is 64.7 Å². The maximum Gasteiger partial charge on any atom is 0.132 e. The number of fused-ring (bicyclic) bond motifs is 1. The minimum Gasteiger partial charge on any atom is -0.357 e. The zero-order chi connectivity index (χ0) is 20.2. The van der Waals surface area contributed by atoms with Crippen LogP contribution in [0.15, 0.2) is 36.7 Å². The molecule has 3 heterocycles. The first-order valence-corrected chi connectivity index (χ1v) is 10.2. The lowest BCUT2D eigenvalue weighted by atomic mass is 9.97. The van der Waals surface area contributed by atoms with Crippen molar-refractivity contribution in [1.29, 1.82) is 0 Å². The summed E-state index contributed by atoms with van der Waals surface area (Å²) in [6, 6.07) is 11.5. The largest absolute Gasteiger partial charge is 0.357 e. The highest BCUT2D eigenvalue weighted by Gasteiger charge is 2.42. The van der Waals surface area contributed by atoms with Crippen LogP contribution in [0.4, 0.5) is 5.69 Å². The molecule has 0 aliphatic carbocycles. The average molecular weight is 406 g/mol. The monoisotopic (exact) mass is 405 g/mol. The Morgan fingerprint density at radius 1 is 1.21 bits per heavy atom. The number of hydrogen-bond donors (Lipinski definition) is 1. The summed E-state index contributed by atoms with van der Waals surface area (Å²) in [5, 5.41) is 9.41. The lowest BCUT2D eigenvalue weighted by Gasteiger charge is -2.36. The maximum atomic E-state index is 6.33. The zero-order valence-electron chi connectivity index (χ0n) is 16.7. The van der Waals surface area contributed by atoms with E-state index in [1.165, 1.54) is 0 Å². The first-order valence-electron chi connectivity index (χ1n) is 9.79. The molecule has 0 amide bonds. The molecule has 5 rings (SSSR count). The van der Waals surface area contributed by atoms with E-state index >= 15 is 0 Å². The highest BCUT2D eigenvalue weighted by Crippen LogP contribution is 2.43. The summed E-state index contributed by atoms with van der Waals surface area (Å²) in [7, 11) is 0. The van der Waals surface area contributed by atoms with E-state index in [9.17, 15) is 0 Å². The molecule has 147 valence electrons. The number of anilines is 1. The number of hydrogen-bond acceptors (Lipinski definition) is 4. The second-order valence-corrected chi connectivity index (χ2v) is 8.32. The van der Waals surface area contributed by atoms with Gasteiger partial charge in [-0.3, -0.25) is 0 Å². The number of halogens is 1. The summed E-state index contributed by atoms with van der Waals surface area (Å²) in [4.78, 5) is 12.6. The standard InChI is InChI=1S/C22H22ClN6/c1-14-5-8-18(29-24-10-11-25-29)19(13-14)28-12-4-9-22(28,3)21-26-17-7-6-16(23)15(2)20(17)27-21/h5-7,10-11,13H,4,9,12H2,1-3H3,(H,26,27)/t22-/m0/s1. The molecule has 0 spiro atoms. The molecule has 2 aromatic carbocycles. The summed E-state index contributed by atoms with van der Waals surface area (Å²) in [5.41, 5.74) is 5.75. The Bertz CT molecular complexity index is 1200. The summed E-state index contributed by atoms with van der Waals surface area (Å²) in [6.45, 7) is 7.28. The van der Waals surface area contributed by atoms with Crippen molar-refractivity contribution >= 4 is 28.3 Å². The molecular formula is C22H22ClN6. The van der Waals surface area contributed by atoms with Gasteiger partial charge in [-0.05, 0) is 69.0 Å². The molecule has 29 heavy (non-hydrogen) atoms. The number of aryl methyl sites for hydroxylation is 2. The predicted octanol–water partition coefficient (Wildman–Crippen LogP) is 4.73. The molecule has 0 saturated carbocycles. The highest BCUT2D eigenvalue weighted by atomic mass is 35.5. The summed E-state index contributed by atoms with van der Waals surface area (Å²) < 4.78 is 0. The van der Waals surface area contributed by atoms with Crippen LogP contribution in [-0.4, -0.2) is 31.5 Å². The SMILES string of the molecule is Cc1c[c]c(-n2nccn2)c(N2CCC[C@@]2(C)c2nc3c(C)c(Cl)ccc3[nH]2)c1. The normalized spacial score (nSPS) is 19.4. The number of H-pyrrole nitrogens is 1.